The third-order valence-electron chi connectivity index (χ3n) is 2.91. The van der Waals surface area contributed by atoms with E-state index in [0.717, 1.165) is 17.1 Å². The summed E-state index contributed by atoms with van der Waals surface area (Å²) in [7, 11) is 0. The van der Waals surface area contributed by atoms with Crippen LogP contribution < -0.4 is 9.47 Å². The van der Waals surface area contributed by atoms with Gasteiger partial charge in [0, 0.05) is 6.42 Å². The van der Waals surface area contributed by atoms with Gasteiger partial charge in [0.2, 0.25) is 0 Å². The molecule has 2 aromatic carbocycles. The Hall–Kier alpha value is -2.49. The van der Waals surface area contributed by atoms with E-state index in [-0.39, 0.29) is 6.42 Å². The lowest BCUT2D eigenvalue weighted by Gasteiger charge is -2.08. The number of aryl methyl sites for hydroxylation is 1. The smallest absolute Gasteiger partial charge is 0.303 e. The number of hydrogen-bond acceptors (Lipinski definition) is 3. The minimum Gasteiger partial charge on any atom is -0.490 e. The summed E-state index contributed by atoms with van der Waals surface area (Å²) in [6, 6.07) is 17.0. The zero-order chi connectivity index (χ0) is 14.9. The Labute approximate surface area is 123 Å². The van der Waals surface area contributed by atoms with E-state index < -0.39 is 5.97 Å². The first-order valence-electron chi connectivity index (χ1n) is 6.85. The van der Waals surface area contributed by atoms with Gasteiger partial charge in [-0.05, 0) is 36.2 Å². The molecular weight excluding hydrogens is 268 g/mol. The zero-order valence-corrected chi connectivity index (χ0v) is 11.7. The van der Waals surface area contributed by atoms with Gasteiger partial charge in [-0.1, -0.05) is 30.3 Å². The van der Waals surface area contributed by atoms with Crippen LogP contribution in [0.3, 0.4) is 0 Å². The number of para-hydroxylation sites is 1. The van der Waals surface area contributed by atoms with E-state index in [1.807, 2.05) is 54.6 Å². The molecule has 0 aliphatic rings. The average molecular weight is 286 g/mol. The molecule has 0 aromatic heterocycles. The second kappa shape index (κ2) is 7.94. The van der Waals surface area contributed by atoms with Crippen LogP contribution in [0.15, 0.2) is 54.6 Å². The maximum absolute atomic E-state index is 10.5. The van der Waals surface area contributed by atoms with Gasteiger partial charge in [0.1, 0.15) is 24.7 Å². The predicted octanol–water partition coefficient (Wildman–Crippen LogP) is 3.16. The second-order valence-electron chi connectivity index (χ2n) is 4.55. The van der Waals surface area contributed by atoms with E-state index >= 15 is 0 Å². The minimum absolute atomic E-state index is 0.144. The van der Waals surface area contributed by atoms with Gasteiger partial charge in [0.25, 0.3) is 0 Å². The molecule has 0 fully saturated rings. The molecule has 4 nitrogen and oxygen atoms in total. The molecule has 0 unspecified atom stereocenters. The monoisotopic (exact) mass is 286 g/mol. The molecular formula is C17H18O4. The maximum Gasteiger partial charge on any atom is 0.303 e. The lowest BCUT2D eigenvalue weighted by atomic mass is 10.1. The van der Waals surface area contributed by atoms with Crippen molar-refractivity contribution in [2.75, 3.05) is 13.2 Å². The summed E-state index contributed by atoms with van der Waals surface area (Å²) >= 11 is 0. The van der Waals surface area contributed by atoms with E-state index in [9.17, 15) is 4.79 Å². The van der Waals surface area contributed by atoms with Gasteiger partial charge >= 0.3 is 5.97 Å². The summed E-state index contributed by atoms with van der Waals surface area (Å²) in [6.45, 7) is 0.939. The topological polar surface area (TPSA) is 55.8 Å². The van der Waals surface area contributed by atoms with Gasteiger partial charge in [0.15, 0.2) is 0 Å². The fourth-order valence-electron chi connectivity index (χ4n) is 1.84. The van der Waals surface area contributed by atoms with Gasteiger partial charge < -0.3 is 14.6 Å². The lowest BCUT2D eigenvalue weighted by Crippen LogP contribution is -2.08. The Balaban J connectivity index is 1.70. The SMILES string of the molecule is O=C(O)CCc1ccc(OCCOc2ccccc2)cc1. The fraction of sp³-hybridized carbons (Fsp3) is 0.235. The molecule has 2 aromatic rings. The van der Waals surface area contributed by atoms with Gasteiger partial charge in [-0.25, -0.2) is 0 Å². The highest BCUT2D eigenvalue weighted by molar-refractivity contribution is 5.67. The zero-order valence-electron chi connectivity index (χ0n) is 11.7. The fourth-order valence-corrected chi connectivity index (χ4v) is 1.84. The van der Waals surface area contributed by atoms with Gasteiger partial charge in [-0.15, -0.1) is 0 Å². The summed E-state index contributed by atoms with van der Waals surface area (Å²) in [6.07, 6.45) is 0.678. The van der Waals surface area contributed by atoms with Crippen LogP contribution in [0.25, 0.3) is 0 Å². The standard InChI is InChI=1S/C17H18O4/c18-17(19)11-8-14-6-9-16(10-7-14)21-13-12-20-15-4-2-1-3-5-15/h1-7,9-10H,8,11-13H2,(H,18,19). The van der Waals surface area contributed by atoms with Crippen LogP contribution in [-0.4, -0.2) is 24.3 Å². The molecule has 4 heteroatoms. The molecule has 0 aliphatic carbocycles. The Morgan fingerprint density at radius 2 is 1.43 bits per heavy atom. The second-order valence-corrected chi connectivity index (χ2v) is 4.55. The molecule has 0 spiro atoms. The van der Waals surface area contributed by atoms with Crippen molar-refractivity contribution in [3.8, 4) is 11.5 Å². The quantitative estimate of drug-likeness (QED) is 0.757. The van der Waals surface area contributed by atoms with Crippen LogP contribution in [0.1, 0.15) is 12.0 Å². The van der Waals surface area contributed by atoms with E-state index in [2.05, 4.69) is 0 Å². The maximum atomic E-state index is 10.5. The highest BCUT2D eigenvalue weighted by atomic mass is 16.5. The van der Waals surface area contributed by atoms with Crippen LogP contribution in [0, 0.1) is 0 Å². The van der Waals surface area contributed by atoms with E-state index in [1.54, 1.807) is 0 Å². The molecule has 2 rings (SSSR count). The summed E-state index contributed by atoms with van der Waals surface area (Å²) in [5, 5.41) is 8.63. The Kier molecular flexibility index (Phi) is 5.64. The van der Waals surface area contributed by atoms with Crippen LogP contribution >= 0.6 is 0 Å². The number of carboxylic acids is 1. The van der Waals surface area contributed by atoms with Crippen molar-refractivity contribution in [3.63, 3.8) is 0 Å². The van der Waals surface area contributed by atoms with Crippen molar-refractivity contribution < 1.29 is 19.4 Å². The van der Waals surface area contributed by atoms with Crippen LogP contribution in [0.2, 0.25) is 0 Å². The minimum atomic E-state index is -0.784. The molecule has 0 atom stereocenters. The summed E-state index contributed by atoms with van der Waals surface area (Å²) in [5.41, 5.74) is 0.991. The first-order valence-corrected chi connectivity index (χ1v) is 6.85. The highest BCUT2D eigenvalue weighted by Gasteiger charge is 2.00. The molecule has 0 aliphatic heterocycles. The number of benzene rings is 2. The van der Waals surface area contributed by atoms with Crippen molar-refractivity contribution in [1.29, 1.82) is 0 Å². The average Bonchev–Trinajstić information content (AvgIpc) is 2.52. The van der Waals surface area contributed by atoms with Crippen LogP contribution in [0.4, 0.5) is 0 Å². The number of carboxylic acid groups (broad SMARTS) is 1. The predicted molar refractivity (Wildman–Crippen MR) is 79.8 cm³/mol. The molecule has 0 heterocycles. The molecule has 0 radical (unpaired) electrons. The number of ether oxygens (including phenoxy) is 2. The number of hydrogen-bond donors (Lipinski definition) is 1. The molecule has 0 saturated heterocycles. The molecule has 21 heavy (non-hydrogen) atoms. The lowest BCUT2D eigenvalue weighted by molar-refractivity contribution is -0.136. The van der Waals surface area contributed by atoms with Crippen molar-refractivity contribution in [1.82, 2.24) is 0 Å². The molecule has 1 N–H and O–H groups in total. The van der Waals surface area contributed by atoms with E-state index in [1.165, 1.54) is 0 Å². The Bertz CT molecular complexity index is 549. The molecule has 0 amide bonds. The summed E-state index contributed by atoms with van der Waals surface area (Å²) in [5.74, 6) is 0.796. The van der Waals surface area contributed by atoms with Crippen molar-refractivity contribution in [2.45, 2.75) is 12.8 Å². The molecule has 110 valence electrons. The normalized spacial score (nSPS) is 10.1. The van der Waals surface area contributed by atoms with Crippen molar-refractivity contribution >= 4 is 5.97 Å². The van der Waals surface area contributed by atoms with Crippen molar-refractivity contribution in [3.05, 3.63) is 60.2 Å². The van der Waals surface area contributed by atoms with Crippen LogP contribution in [0.5, 0.6) is 11.5 Å². The highest BCUT2D eigenvalue weighted by Crippen LogP contribution is 2.14. The van der Waals surface area contributed by atoms with Gasteiger partial charge in [0.05, 0.1) is 0 Å². The number of aliphatic carboxylic acids is 1. The molecule has 0 saturated carbocycles. The molecule has 0 bridgehead atoms. The number of carbonyl (C=O) groups is 1. The first kappa shape index (κ1) is 14.9. The number of rotatable bonds is 8. The van der Waals surface area contributed by atoms with Crippen molar-refractivity contribution in [2.24, 2.45) is 0 Å². The third-order valence-corrected chi connectivity index (χ3v) is 2.91. The Morgan fingerprint density at radius 3 is 2.00 bits per heavy atom. The van der Waals surface area contributed by atoms with Crippen LogP contribution in [-0.2, 0) is 11.2 Å². The van der Waals surface area contributed by atoms with E-state index in [4.69, 9.17) is 14.6 Å². The van der Waals surface area contributed by atoms with Gasteiger partial charge in [-0.2, -0.15) is 0 Å². The largest absolute Gasteiger partial charge is 0.490 e. The third kappa shape index (κ3) is 5.57. The summed E-state index contributed by atoms with van der Waals surface area (Å²) in [4.78, 5) is 10.5. The Morgan fingerprint density at radius 1 is 0.857 bits per heavy atom. The van der Waals surface area contributed by atoms with Gasteiger partial charge in [-0.3, -0.25) is 4.79 Å². The summed E-state index contributed by atoms with van der Waals surface area (Å²) < 4.78 is 11.1. The first-order chi connectivity index (χ1) is 10.2. The van der Waals surface area contributed by atoms with E-state index in [0.29, 0.717) is 19.6 Å².